The second kappa shape index (κ2) is 6.72. The van der Waals surface area contributed by atoms with Crippen molar-refractivity contribution < 1.29 is 4.52 Å². The fourth-order valence-corrected chi connectivity index (χ4v) is 3.63. The molecule has 130 valence electrons. The highest BCUT2D eigenvalue weighted by molar-refractivity contribution is 7.14. The molecule has 3 aromatic heterocycles. The Bertz CT molecular complexity index is 1050. The minimum atomic E-state index is 0.771. The Kier molecular flexibility index (Phi) is 4.26. The van der Waals surface area contributed by atoms with E-state index >= 15 is 0 Å². The van der Waals surface area contributed by atoms with Crippen molar-refractivity contribution in [2.24, 2.45) is 0 Å². The second-order valence-electron chi connectivity index (χ2n) is 6.16. The first-order valence-corrected chi connectivity index (χ1v) is 9.17. The van der Waals surface area contributed by atoms with E-state index in [-0.39, 0.29) is 0 Å². The van der Waals surface area contributed by atoms with Crippen LogP contribution in [0.25, 0.3) is 22.5 Å². The number of aryl methyl sites for hydroxylation is 3. The van der Waals surface area contributed by atoms with Crippen molar-refractivity contribution in [2.45, 2.75) is 20.8 Å². The van der Waals surface area contributed by atoms with Crippen LogP contribution in [0.4, 0.5) is 10.8 Å². The fourth-order valence-electron chi connectivity index (χ4n) is 2.89. The highest BCUT2D eigenvalue weighted by Crippen LogP contribution is 2.31. The molecule has 4 rings (SSSR count). The Labute approximate surface area is 155 Å². The summed E-state index contributed by atoms with van der Waals surface area (Å²) in [4.78, 5) is 9.19. The number of thiazole rings is 1. The van der Waals surface area contributed by atoms with Gasteiger partial charge in [0.15, 0.2) is 5.13 Å². The van der Waals surface area contributed by atoms with Gasteiger partial charge in [-0.2, -0.15) is 0 Å². The van der Waals surface area contributed by atoms with Gasteiger partial charge in [0.1, 0.15) is 5.76 Å². The molecule has 0 radical (unpaired) electrons. The third-order valence-corrected chi connectivity index (χ3v) is 4.88. The first-order chi connectivity index (χ1) is 12.6. The van der Waals surface area contributed by atoms with Crippen molar-refractivity contribution in [3.05, 3.63) is 65.0 Å². The van der Waals surface area contributed by atoms with E-state index in [0.29, 0.717) is 0 Å². The van der Waals surface area contributed by atoms with Gasteiger partial charge in [-0.3, -0.25) is 4.98 Å². The number of nitrogens with one attached hydrogen (secondary N) is 1. The van der Waals surface area contributed by atoms with Gasteiger partial charge in [-0.25, -0.2) is 4.98 Å². The van der Waals surface area contributed by atoms with E-state index < -0.39 is 0 Å². The molecule has 0 spiro atoms. The summed E-state index contributed by atoms with van der Waals surface area (Å²) in [6.07, 6.45) is 1.80. The number of hydrogen-bond acceptors (Lipinski definition) is 6. The van der Waals surface area contributed by atoms with E-state index in [1.807, 2.05) is 43.5 Å². The van der Waals surface area contributed by atoms with Crippen LogP contribution in [0, 0.1) is 20.8 Å². The molecule has 1 N–H and O–H groups in total. The lowest BCUT2D eigenvalue weighted by Crippen LogP contribution is -1.91. The van der Waals surface area contributed by atoms with Crippen molar-refractivity contribution in [3.63, 3.8) is 0 Å². The molecular formula is C20H18N4OS. The van der Waals surface area contributed by atoms with Gasteiger partial charge in [0.05, 0.1) is 22.6 Å². The second-order valence-corrected chi connectivity index (χ2v) is 7.02. The highest BCUT2D eigenvalue weighted by atomic mass is 32.1. The van der Waals surface area contributed by atoms with Crippen molar-refractivity contribution in [1.82, 2.24) is 15.1 Å². The van der Waals surface area contributed by atoms with E-state index in [9.17, 15) is 0 Å². The van der Waals surface area contributed by atoms with Crippen LogP contribution in [0.5, 0.6) is 0 Å². The average molecular weight is 362 g/mol. The van der Waals surface area contributed by atoms with Gasteiger partial charge in [0, 0.05) is 22.8 Å². The van der Waals surface area contributed by atoms with Crippen LogP contribution >= 0.6 is 11.3 Å². The van der Waals surface area contributed by atoms with E-state index in [0.717, 1.165) is 44.8 Å². The zero-order valence-corrected chi connectivity index (χ0v) is 15.6. The smallest absolute Gasteiger partial charge is 0.187 e. The summed E-state index contributed by atoms with van der Waals surface area (Å²) in [5.74, 6) is 0.771. The van der Waals surface area contributed by atoms with E-state index in [2.05, 4.69) is 34.5 Å². The van der Waals surface area contributed by atoms with Gasteiger partial charge in [-0.1, -0.05) is 17.3 Å². The molecule has 0 bridgehead atoms. The van der Waals surface area contributed by atoms with Gasteiger partial charge in [0.2, 0.25) is 0 Å². The number of pyridine rings is 1. The van der Waals surface area contributed by atoms with Gasteiger partial charge in [-0.15, -0.1) is 11.3 Å². The number of aromatic nitrogens is 3. The molecular weight excluding hydrogens is 344 g/mol. The number of anilines is 2. The van der Waals surface area contributed by atoms with Crippen LogP contribution in [0.1, 0.15) is 17.0 Å². The highest BCUT2D eigenvalue weighted by Gasteiger charge is 2.14. The number of nitrogens with zero attached hydrogens (tertiary/aromatic N) is 3. The summed E-state index contributed by atoms with van der Waals surface area (Å²) in [5.41, 5.74) is 6.82. The summed E-state index contributed by atoms with van der Waals surface area (Å²) in [6, 6.07) is 12.2. The van der Waals surface area contributed by atoms with E-state index in [1.54, 1.807) is 17.5 Å². The summed E-state index contributed by atoms with van der Waals surface area (Å²) >= 11 is 1.58. The molecule has 5 nitrogen and oxygen atoms in total. The van der Waals surface area contributed by atoms with Crippen molar-refractivity contribution >= 4 is 22.2 Å². The predicted octanol–water partition coefficient (Wildman–Crippen LogP) is 5.53. The molecule has 0 atom stereocenters. The third-order valence-electron chi connectivity index (χ3n) is 4.12. The molecule has 1 aromatic carbocycles. The quantitative estimate of drug-likeness (QED) is 0.517. The number of hydrogen-bond donors (Lipinski definition) is 1. The summed E-state index contributed by atoms with van der Waals surface area (Å²) in [5, 5.41) is 10.3. The molecule has 0 amide bonds. The minimum absolute atomic E-state index is 0.771. The molecule has 3 heterocycles. The molecule has 0 unspecified atom stereocenters. The van der Waals surface area contributed by atoms with Crippen LogP contribution in [0.15, 0.2) is 52.5 Å². The molecule has 4 aromatic rings. The molecule has 6 heteroatoms. The van der Waals surface area contributed by atoms with Crippen molar-refractivity contribution in [1.29, 1.82) is 0 Å². The molecule has 0 saturated carbocycles. The molecule has 0 aliphatic heterocycles. The maximum Gasteiger partial charge on any atom is 0.187 e. The lowest BCUT2D eigenvalue weighted by atomic mass is 10.1. The molecule has 0 aliphatic rings. The molecule has 0 saturated heterocycles. The van der Waals surface area contributed by atoms with Crippen LogP contribution < -0.4 is 5.32 Å². The lowest BCUT2D eigenvalue weighted by molar-refractivity contribution is 0.393. The topological polar surface area (TPSA) is 63.8 Å². The van der Waals surface area contributed by atoms with Gasteiger partial charge in [0.25, 0.3) is 0 Å². The molecule has 26 heavy (non-hydrogen) atoms. The average Bonchev–Trinajstić information content (AvgIpc) is 3.22. The Balaban J connectivity index is 1.63. The molecule has 0 fully saturated rings. The number of benzene rings is 1. The van der Waals surface area contributed by atoms with Gasteiger partial charge >= 0.3 is 0 Å². The van der Waals surface area contributed by atoms with Gasteiger partial charge < -0.3 is 9.84 Å². The Hall–Kier alpha value is -2.99. The summed E-state index contributed by atoms with van der Waals surface area (Å²) < 4.78 is 5.26. The Morgan fingerprint density at radius 1 is 1.04 bits per heavy atom. The van der Waals surface area contributed by atoms with Crippen LogP contribution in [-0.4, -0.2) is 15.1 Å². The number of rotatable bonds is 4. The summed E-state index contributed by atoms with van der Waals surface area (Å²) in [7, 11) is 0. The lowest BCUT2D eigenvalue weighted by Gasteiger charge is -2.04. The molecule has 0 aliphatic carbocycles. The standard InChI is InChI=1S/C20H18N4OS/c1-12-5-4-6-16(9-12)22-20-23-18(11-26-20)15-7-8-21-17(10-15)19-13(2)24-25-14(19)3/h4-11H,1-3H3,(H,22,23). The Morgan fingerprint density at radius 3 is 2.69 bits per heavy atom. The van der Waals surface area contributed by atoms with Crippen molar-refractivity contribution in [2.75, 3.05) is 5.32 Å². The summed E-state index contributed by atoms with van der Waals surface area (Å²) in [6.45, 7) is 5.90. The minimum Gasteiger partial charge on any atom is -0.361 e. The van der Waals surface area contributed by atoms with Gasteiger partial charge in [-0.05, 0) is 50.6 Å². The Morgan fingerprint density at radius 2 is 1.92 bits per heavy atom. The maximum absolute atomic E-state index is 5.26. The largest absolute Gasteiger partial charge is 0.361 e. The predicted molar refractivity (Wildman–Crippen MR) is 105 cm³/mol. The SMILES string of the molecule is Cc1cccc(Nc2nc(-c3ccnc(-c4c(C)noc4C)c3)cs2)c1. The maximum atomic E-state index is 5.26. The zero-order valence-electron chi connectivity index (χ0n) is 14.8. The van der Waals surface area contributed by atoms with E-state index in [4.69, 9.17) is 9.51 Å². The van der Waals surface area contributed by atoms with Crippen molar-refractivity contribution in [3.8, 4) is 22.5 Å². The first-order valence-electron chi connectivity index (χ1n) is 8.29. The van der Waals surface area contributed by atoms with Crippen LogP contribution in [0.2, 0.25) is 0 Å². The monoisotopic (exact) mass is 362 g/mol. The van der Waals surface area contributed by atoms with Crippen LogP contribution in [0.3, 0.4) is 0 Å². The fraction of sp³-hybridized carbons (Fsp3) is 0.150. The normalized spacial score (nSPS) is 10.9. The van der Waals surface area contributed by atoms with Crippen LogP contribution in [-0.2, 0) is 0 Å². The first kappa shape index (κ1) is 16.5. The van der Waals surface area contributed by atoms with E-state index in [1.165, 1.54) is 5.56 Å². The third kappa shape index (κ3) is 3.23. The zero-order chi connectivity index (χ0) is 18.1.